The zero-order chi connectivity index (χ0) is 19.6. The summed E-state index contributed by atoms with van der Waals surface area (Å²) < 4.78 is 16.7. The van der Waals surface area contributed by atoms with E-state index in [1.54, 1.807) is 7.11 Å². The first-order chi connectivity index (χ1) is 13.6. The molecule has 0 radical (unpaired) electrons. The summed E-state index contributed by atoms with van der Waals surface area (Å²) in [6.07, 6.45) is 5.98. The lowest BCUT2D eigenvalue weighted by Gasteiger charge is -2.48. The third-order valence-electron chi connectivity index (χ3n) is 6.39. The number of nitrogens with one attached hydrogen (secondary N) is 1. The van der Waals surface area contributed by atoms with Crippen molar-refractivity contribution in [3.8, 4) is 5.75 Å². The highest BCUT2D eigenvalue weighted by atomic mass is 16.5. The smallest absolute Gasteiger partial charge is 0.287 e. The second kappa shape index (κ2) is 8.13. The molecule has 1 aliphatic heterocycles. The fourth-order valence-corrected chi connectivity index (χ4v) is 4.72. The number of aryl methyl sites for hydroxylation is 1. The van der Waals surface area contributed by atoms with E-state index in [4.69, 9.17) is 13.9 Å². The number of amides is 1. The van der Waals surface area contributed by atoms with Crippen LogP contribution in [0.25, 0.3) is 11.0 Å². The number of carbonyl (C=O) groups excluding carboxylic acids is 1. The van der Waals surface area contributed by atoms with Crippen LogP contribution in [-0.2, 0) is 4.74 Å². The van der Waals surface area contributed by atoms with Gasteiger partial charge in [-0.2, -0.15) is 0 Å². The van der Waals surface area contributed by atoms with Gasteiger partial charge in [0.05, 0.1) is 20.3 Å². The molecule has 2 heterocycles. The zero-order valence-electron chi connectivity index (χ0n) is 16.9. The normalized spacial score (nSPS) is 20.2. The molecule has 1 N–H and O–H groups in total. The van der Waals surface area contributed by atoms with Crippen LogP contribution in [0.15, 0.2) is 22.6 Å². The number of rotatable bonds is 5. The van der Waals surface area contributed by atoms with E-state index in [0.29, 0.717) is 17.9 Å². The van der Waals surface area contributed by atoms with Gasteiger partial charge in [-0.15, -0.1) is 0 Å². The maximum absolute atomic E-state index is 13.0. The highest BCUT2D eigenvalue weighted by Crippen LogP contribution is 2.34. The van der Waals surface area contributed by atoms with Crippen LogP contribution in [0.1, 0.15) is 48.2 Å². The Kier molecular flexibility index (Phi) is 5.60. The summed E-state index contributed by atoms with van der Waals surface area (Å²) in [6.45, 7) is 6.03. The lowest BCUT2D eigenvalue weighted by Crippen LogP contribution is -2.59. The van der Waals surface area contributed by atoms with Gasteiger partial charge in [0.25, 0.3) is 5.91 Å². The first kappa shape index (κ1) is 19.3. The van der Waals surface area contributed by atoms with Crippen LogP contribution in [0, 0.1) is 6.92 Å². The Morgan fingerprint density at radius 3 is 2.68 bits per heavy atom. The predicted molar refractivity (Wildman–Crippen MR) is 108 cm³/mol. The lowest BCUT2D eigenvalue weighted by molar-refractivity contribution is -0.0362. The molecular formula is C22H30N2O4. The first-order valence-corrected chi connectivity index (χ1v) is 10.3. The minimum Gasteiger partial charge on any atom is -0.497 e. The van der Waals surface area contributed by atoms with Gasteiger partial charge in [-0.25, -0.2) is 0 Å². The number of benzene rings is 1. The van der Waals surface area contributed by atoms with Crippen LogP contribution < -0.4 is 10.1 Å². The molecule has 6 heteroatoms. The molecule has 0 bridgehead atoms. The number of hydrogen-bond acceptors (Lipinski definition) is 5. The second-order valence-corrected chi connectivity index (χ2v) is 7.99. The van der Waals surface area contributed by atoms with Crippen molar-refractivity contribution < 1.29 is 18.7 Å². The van der Waals surface area contributed by atoms with Crippen LogP contribution in [-0.4, -0.2) is 56.3 Å². The van der Waals surface area contributed by atoms with Crippen LogP contribution in [0.3, 0.4) is 0 Å². The molecule has 6 nitrogen and oxygen atoms in total. The molecule has 2 fully saturated rings. The van der Waals surface area contributed by atoms with Crippen molar-refractivity contribution in [2.24, 2.45) is 0 Å². The minimum atomic E-state index is -0.133. The average molecular weight is 386 g/mol. The van der Waals surface area contributed by atoms with Crippen molar-refractivity contribution in [3.63, 3.8) is 0 Å². The lowest BCUT2D eigenvalue weighted by atomic mass is 9.79. The highest BCUT2D eigenvalue weighted by molar-refractivity contribution is 5.99. The third-order valence-corrected chi connectivity index (χ3v) is 6.39. The highest BCUT2D eigenvalue weighted by Gasteiger charge is 2.39. The molecule has 0 spiro atoms. The van der Waals surface area contributed by atoms with E-state index < -0.39 is 0 Å². The average Bonchev–Trinajstić information content (AvgIpc) is 3.09. The number of hydrogen-bond donors (Lipinski definition) is 1. The van der Waals surface area contributed by atoms with Crippen LogP contribution >= 0.6 is 0 Å². The maximum atomic E-state index is 13.0. The van der Waals surface area contributed by atoms with Gasteiger partial charge in [-0.1, -0.05) is 19.3 Å². The van der Waals surface area contributed by atoms with Gasteiger partial charge in [0, 0.05) is 36.1 Å². The summed E-state index contributed by atoms with van der Waals surface area (Å²) in [6, 6.07) is 5.62. The van der Waals surface area contributed by atoms with Crippen molar-refractivity contribution in [2.75, 3.05) is 40.0 Å². The number of carbonyl (C=O) groups is 1. The summed E-state index contributed by atoms with van der Waals surface area (Å²) in [5, 5.41) is 4.11. The third kappa shape index (κ3) is 3.63. The summed E-state index contributed by atoms with van der Waals surface area (Å²) in [7, 11) is 1.64. The Labute approximate surface area is 166 Å². The van der Waals surface area contributed by atoms with E-state index in [2.05, 4.69) is 10.2 Å². The fraction of sp³-hybridized carbons (Fsp3) is 0.591. The SMILES string of the molecule is COc1ccc2oc(C(=O)NCC3(N4CCOCC4)CCCCC3)c(C)c2c1. The van der Waals surface area contributed by atoms with Gasteiger partial charge < -0.3 is 19.2 Å². The zero-order valence-corrected chi connectivity index (χ0v) is 16.9. The fourth-order valence-electron chi connectivity index (χ4n) is 4.72. The standard InChI is InChI=1S/C22H30N2O4/c1-16-18-14-17(26-2)6-7-19(18)28-20(16)21(25)23-15-22(8-4-3-5-9-22)24-10-12-27-13-11-24/h6-7,14H,3-5,8-13,15H2,1-2H3,(H,23,25). The Morgan fingerprint density at radius 2 is 1.96 bits per heavy atom. The molecule has 1 saturated heterocycles. The number of fused-ring (bicyclic) bond motifs is 1. The number of methoxy groups -OCH3 is 1. The van der Waals surface area contributed by atoms with E-state index in [9.17, 15) is 4.79 Å². The summed E-state index contributed by atoms with van der Waals surface area (Å²) in [5.74, 6) is 1.03. The molecule has 2 aliphatic rings. The topological polar surface area (TPSA) is 63.9 Å². The summed E-state index contributed by atoms with van der Waals surface area (Å²) >= 11 is 0. The molecule has 1 amide bonds. The van der Waals surface area contributed by atoms with Crippen LogP contribution in [0.2, 0.25) is 0 Å². The first-order valence-electron chi connectivity index (χ1n) is 10.3. The van der Waals surface area contributed by atoms with Crippen molar-refractivity contribution in [3.05, 3.63) is 29.5 Å². The van der Waals surface area contributed by atoms with E-state index in [1.165, 1.54) is 19.3 Å². The van der Waals surface area contributed by atoms with Gasteiger partial charge in [0.2, 0.25) is 0 Å². The Balaban J connectivity index is 1.52. The molecule has 1 aromatic carbocycles. The van der Waals surface area contributed by atoms with Crippen molar-refractivity contribution in [1.82, 2.24) is 10.2 Å². The largest absolute Gasteiger partial charge is 0.497 e. The number of nitrogens with zero attached hydrogens (tertiary/aromatic N) is 1. The van der Waals surface area contributed by atoms with Gasteiger partial charge in [0.1, 0.15) is 11.3 Å². The molecule has 28 heavy (non-hydrogen) atoms. The number of ether oxygens (including phenoxy) is 2. The minimum absolute atomic E-state index is 0.0425. The van der Waals surface area contributed by atoms with Gasteiger partial charge >= 0.3 is 0 Å². The Hall–Kier alpha value is -2.05. The van der Waals surface area contributed by atoms with Crippen LogP contribution in [0.5, 0.6) is 5.75 Å². The molecule has 1 saturated carbocycles. The van der Waals surface area contributed by atoms with E-state index in [0.717, 1.165) is 55.8 Å². The van der Waals surface area contributed by atoms with E-state index in [1.807, 2.05) is 25.1 Å². The van der Waals surface area contributed by atoms with Crippen molar-refractivity contribution >= 4 is 16.9 Å². The number of morpholine rings is 1. The molecule has 1 aliphatic carbocycles. The molecule has 0 unspecified atom stereocenters. The predicted octanol–water partition coefficient (Wildman–Crippen LogP) is 3.51. The van der Waals surface area contributed by atoms with Crippen molar-refractivity contribution in [2.45, 2.75) is 44.6 Å². The maximum Gasteiger partial charge on any atom is 0.287 e. The van der Waals surface area contributed by atoms with Gasteiger partial charge in [0.15, 0.2) is 5.76 Å². The van der Waals surface area contributed by atoms with Crippen LogP contribution in [0.4, 0.5) is 0 Å². The quantitative estimate of drug-likeness (QED) is 0.852. The summed E-state index contributed by atoms with van der Waals surface area (Å²) in [5.41, 5.74) is 1.61. The molecular weight excluding hydrogens is 356 g/mol. The van der Waals surface area contributed by atoms with E-state index in [-0.39, 0.29) is 11.4 Å². The van der Waals surface area contributed by atoms with Gasteiger partial charge in [-0.3, -0.25) is 9.69 Å². The Morgan fingerprint density at radius 1 is 1.21 bits per heavy atom. The molecule has 4 rings (SSSR count). The van der Waals surface area contributed by atoms with E-state index >= 15 is 0 Å². The molecule has 152 valence electrons. The van der Waals surface area contributed by atoms with Crippen molar-refractivity contribution in [1.29, 1.82) is 0 Å². The molecule has 2 aromatic rings. The molecule has 1 aromatic heterocycles. The Bertz CT molecular complexity index is 832. The second-order valence-electron chi connectivity index (χ2n) is 7.99. The molecule has 0 atom stereocenters. The monoisotopic (exact) mass is 386 g/mol. The summed E-state index contributed by atoms with van der Waals surface area (Å²) in [4.78, 5) is 15.5. The number of furan rings is 1. The van der Waals surface area contributed by atoms with Gasteiger partial charge in [-0.05, 0) is 38.0 Å².